The Morgan fingerprint density at radius 1 is 1.14 bits per heavy atom. The lowest BCUT2D eigenvalue weighted by atomic mass is 10.0. The topological polar surface area (TPSA) is 79.3 Å². The number of hydrogen-bond acceptors (Lipinski definition) is 4. The van der Waals surface area contributed by atoms with Crippen LogP contribution >= 0.6 is 0 Å². The van der Waals surface area contributed by atoms with Crippen molar-refractivity contribution in [1.82, 2.24) is 25.3 Å². The number of aryl methyl sites for hydroxylation is 1. The third kappa shape index (κ3) is 5.19. The fourth-order valence-electron chi connectivity index (χ4n) is 3.42. The molecule has 0 spiro atoms. The summed E-state index contributed by atoms with van der Waals surface area (Å²) in [5.41, 5.74) is 2.64. The van der Waals surface area contributed by atoms with E-state index in [1.54, 1.807) is 6.20 Å². The summed E-state index contributed by atoms with van der Waals surface area (Å²) in [6.07, 6.45) is 4.42. The van der Waals surface area contributed by atoms with Crippen LogP contribution in [0.2, 0.25) is 0 Å². The molecule has 0 saturated carbocycles. The number of benzene rings is 1. The average molecular weight is 383 g/mol. The number of hydrogen-bond donors (Lipinski definition) is 2. The van der Waals surface area contributed by atoms with Gasteiger partial charge in [-0.2, -0.15) is 5.10 Å². The number of nitrogens with one attached hydrogen (secondary N) is 2. The first-order valence-corrected chi connectivity index (χ1v) is 9.98. The summed E-state index contributed by atoms with van der Waals surface area (Å²) in [6, 6.07) is 9.58. The Hall–Kier alpha value is -2.67. The summed E-state index contributed by atoms with van der Waals surface area (Å²) in [7, 11) is 0. The first kappa shape index (κ1) is 20.1. The molecule has 2 heterocycles. The van der Waals surface area contributed by atoms with E-state index in [2.05, 4.69) is 20.6 Å². The lowest BCUT2D eigenvalue weighted by Crippen LogP contribution is -2.47. The molecular formula is C21H29N5O2. The van der Waals surface area contributed by atoms with Crippen molar-refractivity contribution in [3.63, 3.8) is 0 Å². The van der Waals surface area contributed by atoms with Gasteiger partial charge in [-0.3, -0.25) is 14.5 Å². The summed E-state index contributed by atoms with van der Waals surface area (Å²) in [5, 5.41) is 10.3. The van der Waals surface area contributed by atoms with Crippen LogP contribution < -0.4 is 10.6 Å². The maximum Gasteiger partial charge on any atom is 0.251 e. The molecule has 28 heavy (non-hydrogen) atoms. The van der Waals surface area contributed by atoms with Crippen LogP contribution in [-0.2, 0) is 4.79 Å². The Kier molecular flexibility index (Phi) is 6.81. The summed E-state index contributed by atoms with van der Waals surface area (Å²) in [5.74, 6) is 0.0275. The second-order valence-corrected chi connectivity index (χ2v) is 7.31. The Morgan fingerprint density at radius 3 is 2.46 bits per heavy atom. The fraction of sp³-hybridized carbons (Fsp3) is 0.476. The maximum atomic E-state index is 12.5. The highest BCUT2D eigenvalue weighted by Gasteiger charge is 2.22. The van der Waals surface area contributed by atoms with E-state index in [1.165, 1.54) is 0 Å². The van der Waals surface area contributed by atoms with Gasteiger partial charge in [-0.1, -0.05) is 6.92 Å². The molecule has 1 aliphatic rings. The molecule has 0 aliphatic carbocycles. The molecule has 1 aliphatic heterocycles. The van der Waals surface area contributed by atoms with E-state index in [-0.39, 0.29) is 17.9 Å². The van der Waals surface area contributed by atoms with E-state index in [4.69, 9.17) is 0 Å². The highest BCUT2D eigenvalue weighted by molar-refractivity contribution is 5.94. The van der Waals surface area contributed by atoms with Crippen LogP contribution in [-0.4, -0.2) is 58.7 Å². The summed E-state index contributed by atoms with van der Waals surface area (Å²) < 4.78 is 1.84. The van der Waals surface area contributed by atoms with Crippen LogP contribution in [0.15, 0.2) is 36.5 Å². The second-order valence-electron chi connectivity index (χ2n) is 7.31. The molecular weight excluding hydrogens is 354 g/mol. The molecule has 3 rings (SSSR count). The molecule has 2 amide bonds. The van der Waals surface area contributed by atoms with E-state index < -0.39 is 0 Å². The van der Waals surface area contributed by atoms with Crippen molar-refractivity contribution in [2.75, 3.05) is 26.2 Å². The number of aromatic nitrogens is 2. The number of rotatable bonds is 7. The molecule has 1 aromatic carbocycles. The van der Waals surface area contributed by atoms with Crippen LogP contribution in [0.5, 0.6) is 0 Å². The van der Waals surface area contributed by atoms with Gasteiger partial charge >= 0.3 is 0 Å². The van der Waals surface area contributed by atoms with Gasteiger partial charge in [0.25, 0.3) is 5.91 Å². The number of carbonyl (C=O) groups excluding carboxylic acids is 2. The number of nitrogens with zero attached hydrogens (tertiary/aromatic N) is 3. The molecule has 1 aromatic heterocycles. The van der Waals surface area contributed by atoms with E-state index in [9.17, 15) is 9.59 Å². The van der Waals surface area contributed by atoms with Crippen LogP contribution in [0.3, 0.4) is 0 Å². The Labute approximate surface area is 166 Å². The molecule has 150 valence electrons. The number of carbonyl (C=O) groups is 2. The lowest BCUT2D eigenvalue weighted by Gasteiger charge is -2.31. The van der Waals surface area contributed by atoms with Gasteiger partial charge in [0.2, 0.25) is 5.91 Å². The van der Waals surface area contributed by atoms with Gasteiger partial charge in [0.05, 0.1) is 12.2 Å². The average Bonchev–Trinajstić information content (AvgIpc) is 3.14. The van der Waals surface area contributed by atoms with Gasteiger partial charge in [0.1, 0.15) is 0 Å². The molecule has 1 fully saturated rings. The lowest BCUT2D eigenvalue weighted by molar-refractivity contribution is -0.122. The van der Waals surface area contributed by atoms with Crippen molar-refractivity contribution in [1.29, 1.82) is 0 Å². The first-order chi connectivity index (χ1) is 13.6. The Bertz CT molecular complexity index is 791. The van der Waals surface area contributed by atoms with Crippen LogP contribution in [0.4, 0.5) is 0 Å². The van der Waals surface area contributed by atoms with Crippen molar-refractivity contribution < 1.29 is 9.59 Å². The van der Waals surface area contributed by atoms with E-state index in [0.29, 0.717) is 12.1 Å². The van der Waals surface area contributed by atoms with Gasteiger partial charge < -0.3 is 10.6 Å². The van der Waals surface area contributed by atoms with Gasteiger partial charge in [0.15, 0.2) is 0 Å². The number of amides is 2. The third-order valence-electron chi connectivity index (χ3n) is 5.07. The van der Waals surface area contributed by atoms with Crippen LogP contribution in [0.25, 0.3) is 5.69 Å². The molecule has 0 unspecified atom stereocenters. The molecule has 1 saturated heterocycles. The smallest absolute Gasteiger partial charge is 0.251 e. The zero-order valence-electron chi connectivity index (χ0n) is 16.6. The summed E-state index contributed by atoms with van der Waals surface area (Å²) in [6.45, 7) is 6.84. The van der Waals surface area contributed by atoms with Crippen molar-refractivity contribution in [3.8, 4) is 5.69 Å². The number of likely N-dealkylation sites (tertiary alicyclic amines) is 1. The molecule has 0 radical (unpaired) electrons. The second kappa shape index (κ2) is 9.50. The minimum absolute atomic E-state index is 0.0529. The monoisotopic (exact) mass is 383 g/mol. The van der Waals surface area contributed by atoms with Gasteiger partial charge in [-0.25, -0.2) is 4.68 Å². The summed E-state index contributed by atoms with van der Waals surface area (Å²) >= 11 is 0. The standard InChI is InChI=1S/C21H29N5O2/c1-3-11-22-20(27)15-25-13-9-18(10-14-25)24-21(28)17-4-6-19(7-5-17)26-16(2)8-12-23-26/h4-8,12,18H,3,9-11,13-15H2,1-2H3,(H,22,27)(H,24,28). The minimum atomic E-state index is -0.0529. The van der Waals surface area contributed by atoms with Gasteiger partial charge in [-0.15, -0.1) is 0 Å². The molecule has 0 bridgehead atoms. The third-order valence-corrected chi connectivity index (χ3v) is 5.07. The molecule has 0 atom stereocenters. The molecule has 2 N–H and O–H groups in total. The highest BCUT2D eigenvalue weighted by Crippen LogP contribution is 2.14. The maximum absolute atomic E-state index is 12.5. The normalized spacial score (nSPS) is 15.4. The van der Waals surface area contributed by atoms with Crippen molar-refractivity contribution in [3.05, 3.63) is 47.8 Å². The quantitative estimate of drug-likeness (QED) is 0.765. The van der Waals surface area contributed by atoms with Crippen molar-refractivity contribution in [2.45, 2.75) is 39.2 Å². The minimum Gasteiger partial charge on any atom is -0.355 e. The highest BCUT2D eigenvalue weighted by atomic mass is 16.2. The van der Waals surface area contributed by atoms with Gasteiger partial charge in [0, 0.05) is 43.1 Å². The van der Waals surface area contributed by atoms with Crippen molar-refractivity contribution in [2.24, 2.45) is 0 Å². The summed E-state index contributed by atoms with van der Waals surface area (Å²) in [4.78, 5) is 26.5. The van der Waals surface area contributed by atoms with Crippen LogP contribution in [0.1, 0.15) is 42.2 Å². The molecule has 7 heteroatoms. The van der Waals surface area contributed by atoms with E-state index >= 15 is 0 Å². The number of piperidine rings is 1. The Morgan fingerprint density at radius 2 is 1.86 bits per heavy atom. The molecule has 7 nitrogen and oxygen atoms in total. The SMILES string of the molecule is CCCNC(=O)CN1CCC(NC(=O)c2ccc(-n3nccc3C)cc2)CC1. The Balaban J connectivity index is 1.47. The van der Waals surface area contributed by atoms with Crippen LogP contribution in [0, 0.1) is 6.92 Å². The predicted molar refractivity (Wildman–Crippen MR) is 109 cm³/mol. The zero-order chi connectivity index (χ0) is 19.9. The molecule has 2 aromatic rings. The predicted octanol–water partition coefficient (Wildman–Crippen LogP) is 1.90. The van der Waals surface area contributed by atoms with Gasteiger partial charge in [-0.05, 0) is 56.5 Å². The zero-order valence-corrected chi connectivity index (χ0v) is 16.6. The van der Waals surface area contributed by atoms with E-state index in [0.717, 1.165) is 50.3 Å². The largest absolute Gasteiger partial charge is 0.355 e. The van der Waals surface area contributed by atoms with Crippen molar-refractivity contribution >= 4 is 11.8 Å². The van der Waals surface area contributed by atoms with E-state index in [1.807, 2.05) is 48.9 Å². The fourth-order valence-corrected chi connectivity index (χ4v) is 3.42. The first-order valence-electron chi connectivity index (χ1n) is 9.98.